The maximum absolute atomic E-state index is 12.9. The zero-order valence-electron chi connectivity index (χ0n) is 11.1. The average molecular weight is 276 g/mol. The standard InChI is InChI=1S/C15H17O3P/c1-3-17-19(16,15-11-9-13(2)10-12-15)18-14-7-5-4-6-8-14/h4-12H,3H2,1-2H3. The number of para-hydroxylation sites is 1. The highest BCUT2D eigenvalue weighted by Crippen LogP contribution is 2.47. The van der Waals surface area contributed by atoms with E-state index in [1.807, 2.05) is 37.3 Å². The fourth-order valence-corrected chi connectivity index (χ4v) is 3.23. The predicted molar refractivity (Wildman–Crippen MR) is 77.1 cm³/mol. The molecule has 0 amide bonds. The molecular formula is C15H17O3P. The highest BCUT2D eigenvalue weighted by atomic mass is 31.2. The number of hydrogen-bond acceptors (Lipinski definition) is 3. The van der Waals surface area contributed by atoms with Crippen molar-refractivity contribution < 1.29 is 13.6 Å². The van der Waals surface area contributed by atoms with Crippen molar-refractivity contribution in [3.8, 4) is 5.75 Å². The van der Waals surface area contributed by atoms with Crippen molar-refractivity contribution in [2.75, 3.05) is 6.61 Å². The normalized spacial score (nSPS) is 13.8. The minimum absolute atomic E-state index is 0.331. The molecule has 0 N–H and O–H groups in total. The minimum atomic E-state index is -3.31. The third-order valence-corrected chi connectivity index (χ3v) is 4.60. The first kappa shape index (κ1) is 13.9. The van der Waals surface area contributed by atoms with E-state index in [1.54, 1.807) is 31.2 Å². The first-order chi connectivity index (χ1) is 9.14. The maximum Gasteiger partial charge on any atom is 0.410 e. The molecule has 0 aliphatic carbocycles. The van der Waals surface area contributed by atoms with E-state index in [-0.39, 0.29) is 0 Å². The smallest absolute Gasteiger partial charge is 0.410 e. The Bertz CT molecular complexity index is 564. The van der Waals surface area contributed by atoms with Crippen molar-refractivity contribution in [3.05, 3.63) is 60.2 Å². The second-order valence-corrected chi connectivity index (χ2v) is 6.11. The summed E-state index contributed by atoms with van der Waals surface area (Å²) in [5.74, 6) is 0.542. The lowest BCUT2D eigenvalue weighted by atomic mass is 10.2. The van der Waals surface area contributed by atoms with E-state index in [0.717, 1.165) is 5.56 Å². The van der Waals surface area contributed by atoms with Gasteiger partial charge in [-0.15, -0.1) is 0 Å². The monoisotopic (exact) mass is 276 g/mol. The van der Waals surface area contributed by atoms with Crippen LogP contribution in [0.2, 0.25) is 0 Å². The molecule has 0 saturated carbocycles. The van der Waals surface area contributed by atoms with Gasteiger partial charge >= 0.3 is 7.60 Å². The van der Waals surface area contributed by atoms with Gasteiger partial charge in [-0.3, -0.25) is 4.52 Å². The third kappa shape index (κ3) is 3.46. The van der Waals surface area contributed by atoms with E-state index in [0.29, 0.717) is 17.7 Å². The van der Waals surface area contributed by atoms with Gasteiger partial charge in [0.1, 0.15) is 5.75 Å². The molecule has 0 aliphatic rings. The molecule has 1 unspecified atom stereocenters. The van der Waals surface area contributed by atoms with Gasteiger partial charge in [0, 0.05) is 0 Å². The molecule has 1 atom stereocenters. The van der Waals surface area contributed by atoms with Crippen LogP contribution >= 0.6 is 7.60 Å². The largest absolute Gasteiger partial charge is 0.421 e. The summed E-state index contributed by atoms with van der Waals surface area (Å²) in [5.41, 5.74) is 1.10. The Morgan fingerprint density at radius 1 is 1.00 bits per heavy atom. The van der Waals surface area contributed by atoms with Crippen LogP contribution < -0.4 is 9.83 Å². The summed E-state index contributed by atoms with van der Waals surface area (Å²) in [6, 6.07) is 16.4. The lowest BCUT2D eigenvalue weighted by molar-refractivity contribution is 0.289. The fourth-order valence-electron chi connectivity index (χ4n) is 1.67. The van der Waals surface area contributed by atoms with Crippen LogP contribution in [-0.4, -0.2) is 6.61 Å². The summed E-state index contributed by atoms with van der Waals surface area (Å²) in [6.07, 6.45) is 0. The van der Waals surface area contributed by atoms with Crippen molar-refractivity contribution in [2.24, 2.45) is 0 Å². The van der Waals surface area contributed by atoms with E-state index < -0.39 is 7.60 Å². The van der Waals surface area contributed by atoms with Gasteiger partial charge in [-0.1, -0.05) is 35.9 Å². The number of benzene rings is 2. The van der Waals surface area contributed by atoms with Gasteiger partial charge in [-0.25, -0.2) is 4.57 Å². The molecule has 0 radical (unpaired) electrons. The molecule has 2 aromatic rings. The minimum Gasteiger partial charge on any atom is -0.421 e. The van der Waals surface area contributed by atoms with E-state index in [1.165, 1.54) is 0 Å². The van der Waals surface area contributed by atoms with Crippen LogP contribution in [0.25, 0.3) is 0 Å². The molecular weight excluding hydrogens is 259 g/mol. The molecule has 0 aromatic heterocycles. The lowest BCUT2D eigenvalue weighted by Crippen LogP contribution is -2.12. The van der Waals surface area contributed by atoms with Crippen molar-refractivity contribution in [1.29, 1.82) is 0 Å². The van der Waals surface area contributed by atoms with Gasteiger partial charge in [0.2, 0.25) is 0 Å². The Balaban J connectivity index is 2.32. The molecule has 4 heteroatoms. The Morgan fingerprint density at radius 3 is 2.21 bits per heavy atom. The number of rotatable bonds is 5. The van der Waals surface area contributed by atoms with E-state index in [2.05, 4.69) is 0 Å². The van der Waals surface area contributed by atoms with Crippen molar-refractivity contribution in [1.82, 2.24) is 0 Å². The van der Waals surface area contributed by atoms with Crippen LogP contribution in [0.3, 0.4) is 0 Å². The SMILES string of the molecule is CCOP(=O)(Oc1ccccc1)c1ccc(C)cc1. The van der Waals surface area contributed by atoms with Crippen LogP contribution in [0, 0.1) is 6.92 Å². The molecule has 100 valence electrons. The van der Waals surface area contributed by atoms with Gasteiger partial charge in [-0.05, 0) is 38.1 Å². The number of aryl methyl sites for hydroxylation is 1. The zero-order chi connectivity index (χ0) is 13.7. The summed E-state index contributed by atoms with van der Waals surface area (Å²) in [5, 5.41) is 0.573. The van der Waals surface area contributed by atoms with Crippen molar-refractivity contribution in [3.63, 3.8) is 0 Å². The average Bonchev–Trinajstić information content (AvgIpc) is 2.40. The van der Waals surface area contributed by atoms with Crippen LogP contribution in [0.1, 0.15) is 12.5 Å². The molecule has 2 rings (SSSR count). The van der Waals surface area contributed by atoms with Crippen LogP contribution in [-0.2, 0) is 9.09 Å². The van der Waals surface area contributed by atoms with Crippen LogP contribution in [0.4, 0.5) is 0 Å². The first-order valence-corrected chi connectivity index (χ1v) is 7.75. The van der Waals surface area contributed by atoms with E-state index >= 15 is 0 Å². The van der Waals surface area contributed by atoms with Gasteiger partial charge in [0.15, 0.2) is 0 Å². The van der Waals surface area contributed by atoms with Crippen molar-refractivity contribution in [2.45, 2.75) is 13.8 Å². The summed E-state index contributed by atoms with van der Waals surface area (Å²) in [6.45, 7) is 4.11. The molecule has 19 heavy (non-hydrogen) atoms. The third-order valence-electron chi connectivity index (χ3n) is 2.62. The summed E-state index contributed by atoms with van der Waals surface area (Å²) < 4.78 is 23.8. The second-order valence-electron chi connectivity index (χ2n) is 4.16. The zero-order valence-corrected chi connectivity index (χ0v) is 12.0. The predicted octanol–water partition coefficient (Wildman–Crippen LogP) is 3.93. The summed E-state index contributed by atoms with van der Waals surface area (Å²) in [7, 11) is -3.31. The highest BCUT2D eigenvalue weighted by molar-refractivity contribution is 7.62. The van der Waals surface area contributed by atoms with Gasteiger partial charge in [0.25, 0.3) is 0 Å². The van der Waals surface area contributed by atoms with Gasteiger partial charge in [0.05, 0.1) is 11.9 Å². The second kappa shape index (κ2) is 6.05. The fraction of sp³-hybridized carbons (Fsp3) is 0.200. The molecule has 0 spiro atoms. The highest BCUT2D eigenvalue weighted by Gasteiger charge is 2.28. The quantitative estimate of drug-likeness (QED) is 0.776. The number of hydrogen-bond donors (Lipinski definition) is 0. The molecule has 0 heterocycles. The van der Waals surface area contributed by atoms with Crippen molar-refractivity contribution >= 4 is 12.9 Å². The van der Waals surface area contributed by atoms with Gasteiger partial charge in [-0.2, -0.15) is 0 Å². The molecule has 3 nitrogen and oxygen atoms in total. The lowest BCUT2D eigenvalue weighted by Gasteiger charge is -2.18. The Kier molecular flexibility index (Phi) is 4.41. The van der Waals surface area contributed by atoms with E-state index in [9.17, 15) is 4.57 Å². The molecule has 0 aliphatic heterocycles. The Hall–Kier alpha value is -1.57. The Morgan fingerprint density at radius 2 is 1.63 bits per heavy atom. The van der Waals surface area contributed by atoms with Crippen LogP contribution in [0.5, 0.6) is 5.75 Å². The maximum atomic E-state index is 12.9. The molecule has 0 fully saturated rings. The molecule has 2 aromatic carbocycles. The summed E-state index contributed by atoms with van der Waals surface area (Å²) >= 11 is 0. The van der Waals surface area contributed by atoms with Gasteiger partial charge < -0.3 is 4.52 Å². The molecule has 0 bridgehead atoms. The summed E-state index contributed by atoms with van der Waals surface area (Å²) in [4.78, 5) is 0. The first-order valence-electron chi connectivity index (χ1n) is 6.20. The van der Waals surface area contributed by atoms with Crippen LogP contribution in [0.15, 0.2) is 54.6 Å². The molecule has 0 saturated heterocycles. The topological polar surface area (TPSA) is 35.5 Å². The van der Waals surface area contributed by atoms with E-state index in [4.69, 9.17) is 9.05 Å². The Labute approximate surface area is 113 Å².